The van der Waals surface area contributed by atoms with E-state index in [0.717, 1.165) is 24.3 Å². The van der Waals surface area contributed by atoms with Crippen molar-refractivity contribution < 1.29 is 4.74 Å². The molecule has 0 radical (unpaired) electrons. The molecule has 0 unspecified atom stereocenters. The summed E-state index contributed by atoms with van der Waals surface area (Å²) in [6.45, 7) is 5.03. The van der Waals surface area contributed by atoms with E-state index in [-0.39, 0.29) is 5.60 Å². The van der Waals surface area contributed by atoms with Crippen molar-refractivity contribution in [3.8, 4) is 0 Å². The van der Waals surface area contributed by atoms with Gasteiger partial charge in [0, 0.05) is 18.5 Å². The summed E-state index contributed by atoms with van der Waals surface area (Å²) in [5, 5.41) is 1.14. The van der Waals surface area contributed by atoms with Crippen molar-refractivity contribution in [1.82, 2.24) is 4.98 Å². The van der Waals surface area contributed by atoms with Crippen LogP contribution in [0.3, 0.4) is 0 Å². The number of aromatic nitrogens is 1. The Kier molecular flexibility index (Phi) is 3.85. The van der Waals surface area contributed by atoms with Crippen molar-refractivity contribution in [3.63, 3.8) is 0 Å². The normalized spacial score (nSPS) is 18.4. The second-order valence-electron chi connectivity index (χ2n) is 5.24. The maximum Gasteiger partial charge on any atom is 0.125 e. The predicted molar refractivity (Wildman–Crippen MR) is 71.1 cm³/mol. The van der Waals surface area contributed by atoms with Crippen LogP contribution in [-0.2, 0) is 23.3 Å². The third-order valence-electron chi connectivity index (χ3n) is 3.51. The van der Waals surface area contributed by atoms with Gasteiger partial charge in [-0.1, -0.05) is 13.8 Å². The van der Waals surface area contributed by atoms with E-state index in [4.69, 9.17) is 15.5 Å². The molecule has 1 aliphatic rings. The topological polar surface area (TPSA) is 48.1 Å². The average molecular weight is 254 g/mol. The minimum Gasteiger partial charge on any atom is -0.371 e. The fourth-order valence-corrected chi connectivity index (χ4v) is 3.48. The fraction of sp³-hybridized carbons (Fsp3) is 0.769. The highest BCUT2D eigenvalue weighted by atomic mass is 32.1. The second-order valence-corrected chi connectivity index (χ2v) is 6.33. The number of ether oxygens (including phenoxy) is 1. The lowest BCUT2D eigenvalue weighted by Crippen LogP contribution is -2.35. The first-order chi connectivity index (χ1) is 8.11. The smallest absolute Gasteiger partial charge is 0.125 e. The van der Waals surface area contributed by atoms with Gasteiger partial charge in [0.05, 0.1) is 5.69 Å². The van der Waals surface area contributed by atoms with Crippen molar-refractivity contribution in [2.75, 3.05) is 7.11 Å². The standard InChI is InChI=1S/C13H22N2OS/c1-9(2)7-10-11(8-14)17-12(15-10)13(16-3)5-4-6-13/h9H,4-8,14H2,1-3H3. The Morgan fingerprint density at radius 2 is 2.18 bits per heavy atom. The minimum atomic E-state index is -0.0934. The Hall–Kier alpha value is -0.450. The van der Waals surface area contributed by atoms with Crippen molar-refractivity contribution in [3.05, 3.63) is 15.6 Å². The van der Waals surface area contributed by atoms with Crippen LogP contribution in [0.5, 0.6) is 0 Å². The van der Waals surface area contributed by atoms with Gasteiger partial charge < -0.3 is 10.5 Å². The highest BCUT2D eigenvalue weighted by Gasteiger charge is 2.42. The molecule has 3 nitrogen and oxygen atoms in total. The van der Waals surface area contributed by atoms with E-state index in [0.29, 0.717) is 12.5 Å². The van der Waals surface area contributed by atoms with Gasteiger partial charge in [-0.25, -0.2) is 4.98 Å². The van der Waals surface area contributed by atoms with Gasteiger partial charge in [0.2, 0.25) is 0 Å². The molecule has 0 saturated heterocycles. The summed E-state index contributed by atoms with van der Waals surface area (Å²) in [5.74, 6) is 0.620. The summed E-state index contributed by atoms with van der Waals surface area (Å²) in [4.78, 5) is 6.03. The first kappa shape index (κ1) is 13.0. The minimum absolute atomic E-state index is 0.0934. The fourth-order valence-electron chi connectivity index (χ4n) is 2.29. The molecule has 0 atom stereocenters. The number of hydrogen-bond acceptors (Lipinski definition) is 4. The zero-order valence-corrected chi connectivity index (χ0v) is 11.8. The molecule has 0 spiro atoms. The lowest BCUT2D eigenvalue weighted by molar-refractivity contribution is -0.0780. The largest absolute Gasteiger partial charge is 0.371 e. The van der Waals surface area contributed by atoms with Crippen LogP contribution in [0.4, 0.5) is 0 Å². The molecule has 0 amide bonds. The Balaban J connectivity index is 2.27. The van der Waals surface area contributed by atoms with Crippen molar-refractivity contribution in [2.45, 2.75) is 51.7 Å². The second kappa shape index (κ2) is 5.04. The molecule has 1 aromatic heterocycles. The molecule has 2 rings (SSSR count). The maximum absolute atomic E-state index is 5.81. The molecular weight excluding hydrogens is 232 g/mol. The summed E-state index contributed by atoms with van der Waals surface area (Å²) < 4.78 is 5.68. The molecule has 96 valence electrons. The van der Waals surface area contributed by atoms with Gasteiger partial charge in [-0.3, -0.25) is 0 Å². The van der Waals surface area contributed by atoms with Gasteiger partial charge in [-0.15, -0.1) is 11.3 Å². The van der Waals surface area contributed by atoms with Crippen LogP contribution in [0.15, 0.2) is 0 Å². The first-order valence-corrected chi connectivity index (χ1v) is 7.17. The molecule has 0 aromatic carbocycles. The lowest BCUT2D eigenvalue weighted by atomic mass is 9.80. The van der Waals surface area contributed by atoms with Crippen molar-refractivity contribution in [2.24, 2.45) is 11.7 Å². The van der Waals surface area contributed by atoms with Gasteiger partial charge in [-0.05, 0) is 31.6 Å². The third kappa shape index (κ3) is 2.39. The van der Waals surface area contributed by atoms with Crippen LogP contribution in [0, 0.1) is 5.92 Å². The Morgan fingerprint density at radius 1 is 1.47 bits per heavy atom. The molecule has 1 saturated carbocycles. The number of rotatable bonds is 5. The highest BCUT2D eigenvalue weighted by Crippen LogP contribution is 2.46. The third-order valence-corrected chi connectivity index (χ3v) is 4.81. The van der Waals surface area contributed by atoms with Crippen LogP contribution in [-0.4, -0.2) is 12.1 Å². The molecule has 1 fully saturated rings. The van der Waals surface area contributed by atoms with E-state index in [2.05, 4.69) is 13.8 Å². The molecular formula is C13H22N2OS. The van der Waals surface area contributed by atoms with Crippen LogP contribution in [0.25, 0.3) is 0 Å². The van der Waals surface area contributed by atoms with Gasteiger partial charge >= 0.3 is 0 Å². The predicted octanol–water partition coefficient (Wildman–Crippen LogP) is 2.83. The Bertz CT molecular complexity index is 377. The van der Waals surface area contributed by atoms with E-state index in [1.807, 2.05) is 0 Å². The van der Waals surface area contributed by atoms with Gasteiger partial charge in [0.15, 0.2) is 0 Å². The SMILES string of the molecule is COC1(c2nc(CC(C)C)c(CN)s2)CCC1. The van der Waals surface area contributed by atoms with Crippen LogP contribution in [0.1, 0.15) is 48.7 Å². The zero-order chi connectivity index (χ0) is 12.5. The van der Waals surface area contributed by atoms with E-state index in [1.165, 1.54) is 17.0 Å². The van der Waals surface area contributed by atoms with Gasteiger partial charge in [0.25, 0.3) is 0 Å². The highest BCUT2D eigenvalue weighted by molar-refractivity contribution is 7.11. The maximum atomic E-state index is 5.81. The summed E-state index contributed by atoms with van der Waals surface area (Å²) in [6, 6.07) is 0. The van der Waals surface area contributed by atoms with E-state index < -0.39 is 0 Å². The number of nitrogens with zero attached hydrogens (tertiary/aromatic N) is 1. The van der Waals surface area contributed by atoms with Crippen LogP contribution in [0.2, 0.25) is 0 Å². The van der Waals surface area contributed by atoms with Crippen LogP contribution >= 0.6 is 11.3 Å². The molecule has 1 heterocycles. The Morgan fingerprint density at radius 3 is 2.59 bits per heavy atom. The van der Waals surface area contributed by atoms with Crippen molar-refractivity contribution in [1.29, 1.82) is 0 Å². The number of methoxy groups -OCH3 is 1. The molecule has 2 N–H and O–H groups in total. The van der Waals surface area contributed by atoms with Crippen molar-refractivity contribution >= 4 is 11.3 Å². The first-order valence-electron chi connectivity index (χ1n) is 6.35. The number of thiazole rings is 1. The molecule has 0 aliphatic heterocycles. The molecule has 1 aromatic rings. The number of hydrogen-bond donors (Lipinski definition) is 1. The molecule has 0 bridgehead atoms. The number of nitrogens with two attached hydrogens (primary N) is 1. The Labute approximate surface area is 107 Å². The van der Waals surface area contributed by atoms with Crippen LogP contribution < -0.4 is 5.73 Å². The quantitative estimate of drug-likeness (QED) is 0.879. The van der Waals surface area contributed by atoms with Gasteiger partial charge in [0.1, 0.15) is 10.6 Å². The average Bonchev–Trinajstić information content (AvgIpc) is 2.60. The van der Waals surface area contributed by atoms with E-state index >= 15 is 0 Å². The molecule has 1 aliphatic carbocycles. The summed E-state index contributed by atoms with van der Waals surface area (Å²) >= 11 is 1.75. The van der Waals surface area contributed by atoms with E-state index in [9.17, 15) is 0 Å². The molecule has 17 heavy (non-hydrogen) atoms. The lowest BCUT2D eigenvalue weighted by Gasteiger charge is -2.38. The zero-order valence-electron chi connectivity index (χ0n) is 11.0. The molecule has 4 heteroatoms. The summed E-state index contributed by atoms with van der Waals surface area (Å²) in [6.07, 6.45) is 4.46. The monoisotopic (exact) mass is 254 g/mol. The summed E-state index contributed by atoms with van der Waals surface area (Å²) in [7, 11) is 1.80. The van der Waals surface area contributed by atoms with E-state index in [1.54, 1.807) is 18.4 Å². The van der Waals surface area contributed by atoms with Gasteiger partial charge in [-0.2, -0.15) is 0 Å². The summed E-state index contributed by atoms with van der Waals surface area (Å²) in [5.41, 5.74) is 6.91.